The molecule has 1 aliphatic rings. The molecule has 1 atom stereocenters. The van der Waals surface area contributed by atoms with E-state index in [0.717, 1.165) is 14.9 Å². The predicted octanol–water partition coefficient (Wildman–Crippen LogP) is 3.93. The van der Waals surface area contributed by atoms with Crippen LogP contribution < -0.4 is 5.32 Å². The number of nitrogens with one attached hydrogen (secondary N) is 1. The smallest absolute Gasteiger partial charge is 0.321 e. The van der Waals surface area contributed by atoms with Crippen molar-refractivity contribution in [3.8, 4) is 0 Å². The number of aromatic nitrogens is 1. The minimum Gasteiger partial charge on any atom is -0.481 e. The number of anilines is 1. The maximum atomic E-state index is 12.3. The van der Waals surface area contributed by atoms with Crippen molar-refractivity contribution in [3.05, 3.63) is 35.3 Å². The first-order valence-electron chi connectivity index (χ1n) is 7.85. The normalized spacial score (nSPS) is 19.8. The van der Waals surface area contributed by atoms with E-state index in [1.165, 1.54) is 0 Å². The van der Waals surface area contributed by atoms with Crippen LogP contribution >= 0.6 is 23.1 Å². The lowest BCUT2D eigenvalue weighted by Crippen LogP contribution is -2.37. The van der Waals surface area contributed by atoms with Crippen molar-refractivity contribution in [1.82, 2.24) is 9.88 Å². The number of hydrogen-bond donors (Lipinski definition) is 2. The third-order valence-corrected chi connectivity index (χ3v) is 6.25. The minimum atomic E-state index is -0.860. The summed E-state index contributed by atoms with van der Waals surface area (Å²) >= 11 is 3.19. The maximum absolute atomic E-state index is 12.3. The molecule has 1 aliphatic heterocycles. The van der Waals surface area contributed by atoms with Gasteiger partial charge in [0.2, 0.25) is 0 Å². The lowest BCUT2D eigenvalue weighted by molar-refractivity contribution is -0.146. The van der Waals surface area contributed by atoms with E-state index in [9.17, 15) is 14.7 Å². The van der Waals surface area contributed by atoms with Gasteiger partial charge < -0.3 is 15.3 Å². The molecule has 8 heteroatoms. The molecular weight excluding hydrogens is 358 g/mol. The van der Waals surface area contributed by atoms with Crippen LogP contribution in [-0.2, 0) is 4.79 Å². The van der Waals surface area contributed by atoms with E-state index in [0.29, 0.717) is 18.7 Å². The van der Waals surface area contributed by atoms with Crippen molar-refractivity contribution in [2.24, 2.45) is 5.41 Å². The SMILES string of the molecule is Cc1csc(Sc2ccc(NC(=O)N3CCC(C)(C(=O)O)C3)cc2)n1. The standard InChI is InChI=1S/C17H19N3O3S2/c1-11-9-24-16(18-11)25-13-5-3-12(4-6-13)19-15(23)20-8-7-17(2,10-20)14(21)22/h3-6,9H,7-8,10H2,1-2H3,(H,19,23)(H,21,22). The molecule has 1 aromatic carbocycles. The van der Waals surface area contributed by atoms with Crippen molar-refractivity contribution in [2.45, 2.75) is 29.5 Å². The number of carbonyl (C=O) groups is 2. The molecule has 1 saturated heterocycles. The van der Waals surface area contributed by atoms with Crippen LogP contribution in [0.4, 0.5) is 10.5 Å². The summed E-state index contributed by atoms with van der Waals surface area (Å²) in [5.41, 5.74) is 0.841. The summed E-state index contributed by atoms with van der Waals surface area (Å²) in [5.74, 6) is -0.860. The number of benzene rings is 1. The summed E-state index contributed by atoms with van der Waals surface area (Å²) in [4.78, 5) is 30.6. The van der Waals surface area contributed by atoms with Crippen LogP contribution in [0.5, 0.6) is 0 Å². The van der Waals surface area contributed by atoms with Crippen molar-refractivity contribution < 1.29 is 14.7 Å². The van der Waals surface area contributed by atoms with E-state index in [4.69, 9.17) is 0 Å². The highest BCUT2D eigenvalue weighted by Crippen LogP contribution is 2.32. The zero-order valence-electron chi connectivity index (χ0n) is 14.0. The summed E-state index contributed by atoms with van der Waals surface area (Å²) in [6.45, 7) is 4.32. The number of carboxylic acid groups (broad SMARTS) is 1. The molecule has 0 spiro atoms. The Hall–Kier alpha value is -2.06. The number of thiazole rings is 1. The Morgan fingerprint density at radius 1 is 1.36 bits per heavy atom. The molecule has 1 unspecified atom stereocenters. The van der Waals surface area contributed by atoms with Gasteiger partial charge in [0.25, 0.3) is 0 Å². The molecule has 0 aliphatic carbocycles. The van der Waals surface area contributed by atoms with Crippen LogP contribution in [0.25, 0.3) is 0 Å². The fourth-order valence-corrected chi connectivity index (χ4v) is 4.41. The Morgan fingerprint density at radius 3 is 2.64 bits per heavy atom. The zero-order chi connectivity index (χ0) is 18.0. The number of aliphatic carboxylic acids is 1. The van der Waals surface area contributed by atoms with Gasteiger partial charge in [0.1, 0.15) is 0 Å². The minimum absolute atomic E-state index is 0.228. The Bertz CT molecular complexity index is 791. The first-order chi connectivity index (χ1) is 11.9. The summed E-state index contributed by atoms with van der Waals surface area (Å²) in [7, 11) is 0. The second kappa shape index (κ2) is 7.05. The van der Waals surface area contributed by atoms with Crippen LogP contribution in [0.2, 0.25) is 0 Å². The van der Waals surface area contributed by atoms with Crippen molar-refractivity contribution in [3.63, 3.8) is 0 Å². The van der Waals surface area contributed by atoms with Gasteiger partial charge in [-0.2, -0.15) is 0 Å². The van der Waals surface area contributed by atoms with Gasteiger partial charge in [-0.25, -0.2) is 9.78 Å². The van der Waals surface area contributed by atoms with Gasteiger partial charge in [-0.15, -0.1) is 11.3 Å². The summed E-state index contributed by atoms with van der Waals surface area (Å²) in [5, 5.41) is 14.1. The fourth-order valence-electron chi connectivity index (χ4n) is 2.60. The Labute approximate surface area is 154 Å². The zero-order valence-corrected chi connectivity index (χ0v) is 15.6. The van der Waals surface area contributed by atoms with Gasteiger partial charge in [-0.05, 0) is 44.5 Å². The van der Waals surface area contributed by atoms with Gasteiger partial charge in [0.05, 0.1) is 5.41 Å². The highest BCUT2D eigenvalue weighted by atomic mass is 32.2. The number of urea groups is 1. The highest BCUT2D eigenvalue weighted by molar-refractivity contribution is 8.01. The molecule has 132 valence electrons. The molecule has 3 rings (SSSR count). The van der Waals surface area contributed by atoms with Crippen LogP contribution in [0.15, 0.2) is 38.9 Å². The third kappa shape index (κ3) is 4.13. The Morgan fingerprint density at radius 2 is 2.08 bits per heavy atom. The third-order valence-electron chi connectivity index (χ3n) is 4.19. The van der Waals surface area contributed by atoms with Crippen LogP contribution in [0.1, 0.15) is 19.0 Å². The van der Waals surface area contributed by atoms with Crippen molar-refractivity contribution in [1.29, 1.82) is 0 Å². The lowest BCUT2D eigenvalue weighted by atomic mass is 9.90. The quantitative estimate of drug-likeness (QED) is 0.843. The van der Waals surface area contributed by atoms with Crippen molar-refractivity contribution in [2.75, 3.05) is 18.4 Å². The molecule has 2 aromatic rings. The average molecular weight is 377 g/mol. The number of likely N-dealkylation sites (tertiary alicyclic amines) is 1. The van der Waals surface area contributed by atoms with E-state index in [2.05, 4.69) is 10.3 Å². The van der Waals surface area contributed by atoms with Gasteiger partial charge in [-0.1, -0.05) is 11.8 Å². The van der Waals surface area contributed by atoms with E-state index in [1.807, 2.05) is 36.6 Å². The lowest BCUT2D eigenvalue weighted by Gasteiger charge is -2.20. The molecule has 25 heavy (non-hydrogen) atoms. The summed E-state index contributed by atoms with van der Waals surface area (Å²) < 4.78 is 0.985. The van der Waals surface area contributed by atoms with E-state index in [-0.39, 0.29) is 12.6 Å². The van der Waals surface area contributed by atoms with Gasteiger partial charge in [0.15, 0.2) is 4.34 Å². The molecule has 2 heterocycles. The van der Waals surface area contributed by atoms with E-state index >= 15 is 0 Å². The number of hydrogen-bond acceptors (Lipinski definition) is 5. The summed E-state index contributed by atoms with van der Waals surface area (Å²) in [6.07, 6.45) is 0.471. The van der Waals surface area contributed by atoms with Crippen LogP contribution in [0, 0.1) is 12.3 Å². The highest BCUT2D eigenvalue weighted by Gasteiger charge is 2.42. The molecule has 0 radical (unpaired) electrons. The maximum Gasteiger partial charge on any atom is 0.321 e. The number of nitrogens with zero attached hydrogens (tertiary/aromatic N) is 2. The molecule has 2 N–H and O–H groups in total. The first-order valence-corrected chi connectivity index (χ1v) is 9.55. The molecule has 6 nitrogen and oxygen atoms in total. The Balaban J connectivity index is 1.58. The second-order valence-electron chi connectivity index (χ2n) is 6.35. The predicted molar refractivity (Wildman–Crippen MR) is 98.4 cm³/mol. The summed E-state index contributed by atoms with van der Waals surface area (Å²) in [6, 6.07) is 7.28. The molecule has 2 amide bonds. The largest absolute Gasteiger partial charge is 0.481 e. The van der Waals surface area contributed by atoms with E-state index in [1.54, 1.807) is 34.9 Å². The second-order valence-corrected chi connectivity index (χ2v) is 8.53. The monoisotopic (exact) mass is 377 g/mol. The Kier molecular flexibility index (Phi) is 5.01. The number of carbonyl (C=O) groups excluding carboxylic acids is 1. The van der Waals surface area contributed by atoms with Crippen LogP contribution in [0.3, 0.4) is 0 Å². The molecule has 0 saturated carbocycles. The topological polar surface area (TPSA) is 82.5 Å². The van der Waals surface area contributed by atoms with E-state index < -0.39 is 11.4 Å². The van der Waals surface area contributed by atoms with Crippen LogP contribution in [-0.4, -0.2) is 40.1 Å². The number of rotatable bonds is 4. The molecule has 1 fully saturated rings. The van der Waals surface area contributed by atoms with Gasteiger partial charge >= 0.3 is 12.0 Å². The molecular formula is C17H19N3O3S2. The fraction of sp³-hybridized carbons (Fsp3) is 0.353. The number of amides is 2. The van der Waals surface area contributed by atoms with Crippen molar-refractivity contribution >= 4 is 40.8 Å². The number of carboxylic acids is 1. The van der Waals surface area contributed by atoms with Gasteiger partial charge in [0, 0.05) is 34.7 Å². The first kappa shape index (κ1) is 17.8. The number of aryl methyl sites for hydroxylation is 1. The molecule has 0 bridgehead atoms. The molecule has 1 aromatic heterocycles. The average Bonchev–Trinajstić information content (AvgIpc) is 3.16. The van der Waals surface area contributed by atoms with Gasteiger partial charge in [-0.3, -0.25) is 4.79 Å².